The maximum atomic E-state index is 13.2. The van der Waals surface area contributed by atoms with Gasteiger partial charge in [-0.1, -0.05) is 30.3 Å². The number of Topliss-reactive ketones (excluding diaryl/α,β-unsaturated/α-hetero) is 1. The van der Waals surface area contributed by atoms with Gasteiger partial charge in [-0.15, -0.1) is 0 Å². The van der Waals surface area contributed by atoms with Crippen molar-refractivity contribution in [2.24, 2.45) is 17.3 Å². The molecule has 0 amide bonds. The minimum atomic E-state index is -0.407. The largest absolute Gasteiger partial charge is 0.457 e. The lowest BCUT2D eigenvalue weighted by molar-refractivity contribution is -0.172. The Morgan fingerprint density at radius 3 is 2.41 bits per heavy atom. The second-order valence-corrected chi connectivity index (χ2v) is 8.97. The maximum Gasteiger partial charge on any atom is 0.312 e. The fraction of sp³-hybridized carbons (Fsp3) is 0.478. The molecule has 0 saturated heterocycles. The van der Waals surface area contributed by atoms with Gasteiger partial charge in [-0.3, -0.25) is 9.59 Å². The first-order chi connectivity index (χ1) is 13.1. The van der Waals surface area contributed by atoms with E-state index in [1.165, 1.54) is 24.8 Å². The fourth-order valence-electron chi connectivity index (χ4n) is 6.50. The van der Waals surface area contributed by atoms with E-state index in [4.69, 9.17) is 4.74 Å². The predicted molar refractivity (Wildman–Crippen MR) is 101 cm³/mol. The normalized spacial score (nSPS) is 33.8. The standard InChI is InChI=1S/C23H25NO3/c25-20(19-7-4-8-24-19)14-27-21(26)23-12-16-9-17(13-23)11-22(10-16,15-23)18-5-2-1-3-6-18/h1-8,16-17,24H,9-15H2/t16-,17+,22?,23?. The van der Waals surface area contributed by atoms with Crippen LogP contribution in [0.1, 0.15) is 54.6 Å². The van der Waals surface area contributed by atoms with E-state index < -0.39 is 5.41 Å². The van der Waals surface area contributed by atoms with Crippen molar-refractivity contribution in [2.75, 3.05) is 6.61 Å². The summed E-state index contributed by atoms with van der Waals surface area (Å²) in [5.74, 6) is 0.865. The lowest BCUT2D eigenvalue weighted by Gasteiger charge is -2.61. The number of aromatic amines is 1. The Bertz CT molecular complexity index is 841. The van der Waals surface area contributed by atoms with Crippen LogP contribution in [0, 0.1) is 17.3 Å². The first-order valence-corrected chi connectivity index (χ1v) is 9.98. The number of rotatable bonds is 5. The van der Waals surface area contributed by atoms with E-state index in [0.717, 1.165) is 19.3 Å². The van der Waals surface area contributed by atoms with Gasteiger partial charge in [0.2, 0.25) is 5.78 Å². The molecular formula is C23H25NO3. The van der Waals surface area contributed by atoms with Crippen molar-refractivity contribution in [3.63, 3.8) is 0 Å². The molecule has 4 aliphatic carbocycles. The van der Waals surface area contributed by atoms with Crippen LogP contribution in [0.3, 0.4) is 0 Å². The summed E-state index contributed by atoms with van der Waals surface area (Å²) in [6, 6.07) is 14.2. The molecule has 1 N–H and O–H groups in total. The van der Waals surface area contributed by atoms with Crippen molar-refractivity contribution in [3.05, 3.63) is 59.9 Å². The third-order valence-corrected chi connectivity index (χ3v) is 7.11. The van der Waals surface area contributed by atoms with Crippen LogP contribution in [0.2, 0.25) is 0 Å². The van der Waals surface area contributed by atoms with Crippen molar-refractivity contribution >= 4 is 11.8 Å². The first kappa shape index (κ1) is 16.8. The first-order valence-electron chi connectivity index (χ1n) is 9.98. The molecular weight excluding hydrogens is 338 g/mol. The summed E-state index contributed by atoms with van der Waals surface area (Å²) in [5, 5.41) is 0. The van der Waals surface area contributed by atoms with Gasteiger partial charge in [0, 0.05) is 6.20 Å². The summed E-state index contributed by atoms with van der Waals surface area (Å²) < 4.78 is 5.58. The van der Waals surface area contributed by atoms with Crippen LogP contribution in [0.4, 0.5) is 0 Å². The Hall–Kier alpha value is -2.36. The predicted octanol–water partition coefficient (Wildman–Crippen LogP) is 4.28. The molecule has 2 unspecified atom stereocenters. The third kappa shape index (κ3) is 2.73. The zero-order valence-corrected chi connectivity index (χ0v) is 15.4. The fourth-order valence-corrected chi connectivity index (χ4v) is 6.50. The molecule has 0 radical (unpaired) electrons. The highest BCUT2D eigenvalue weighted by Gasteiger charge is 2.61. The smallest absolute Gasteiger partial charge is 0.312 e. The van der Waals surface area contributed by atoms with Crippen LogP contribution < -0.4 is 0 Å². The van der Waals surface area contributed by atoms with Crippen LogP contribution in [-0.2, 0) is 14.9 Å². The van der Waals surface area contributed by atoms with Gasteiger partial charge >= 0.3 is 5.97 Å². The average Bonchev–Trinajstić information content (AvgIpc) is 3.20. The number of carbonyl (C=O) groups is 2. The summed E-state index contributed by atoms with van der Waals surface area (Å²) in [6.45, 7) is -0.172. The minimum Gasteiger partial charge on any atom is -0.457 e. The van der Waals surface area contributed by atoms with Crippen molar-refractivity contribution < 1.29 is 14.3 Å². The molecule has 4 heteroatoms. The van der Waals surface area contributed by atoms with Gasteiger partial charge < -0.3 is 9.72 Å². The van der Waals surface area contributed by atoms with Crippen LogP contribution >= 0.6 is 0 Å². The topological polar surface area (TPSA) is 59.2 Å². The molecule has 1 heterocycles. The molecule has 4 fully saturated rings. The third-order valence-electron chi connectivity index (χ3n) is 7.11. The van der Waals surface area contributed by atoms with E-state index in [1.54, 1.807) is 18.3 Å². The highest BCUT2D eigenvalue weighted by molar-refractivity contribution is 5.96. The second kappa shape index (κ2) is 6.08. The molecule has 0 spiro atoms. The number of H-pyrrole nitrogens is 1. The van der Waals surface area contributed by atoms with E-state index in [0.29, 0.717) is 17.5 Å². The van der Waals surface area contributed by atoms with Gasteiger partial charge in [0.25, 0.3) is 0 Å². The Morgan fingerprint density at radius 1 is 1.00 bits per heavy atom. The number of hydrogen-bond donors (Lipinski definition) is 1. The quantitative estimate of drug-likeness (QED) is 0.637. The summed E-state index contributed by atoms with van der Waals surface area (Å²) in [4.78, 5) is 28.3. The number of aromatic nitrogens is 1. The minimum absolute atomic E-state index is 0.105. The molecule has 4 bridgehead atoms. The number of esters is 1. The molecule has 1 aromatic heterocycles. The summed E-state index contributed by atoms with van der Waals surface area (Å²) in [7, 11) is 0. The van der Waals surface area contributed by atoms with E-state index in [9.17, 15) is 9.59 Å². The number of hydrogen-bond acceptors (Lipinski definition) is 3. The molecule has 4 nitrogen and oxygen atoms in total. The molecule has 4 saturated carbocycles. The lowest BCUT2D eigenvalue weighted by Crippen LogP contribution is -2.57. The summed E-state index contributed by atoms with van der Waals surface area (Å²) in [5.41, 5.74) is 1.57. The monoisotopic (exact) mass is 363 g/mol. The van der Waals surface area contributed by atoms with Gasteiger partial charge in [-0.2, -0.15) is 0 Å². The van der Waals surface area contributed by atoms with Gasteiger partial charge in [0.1, 0.15) is 0 Å². The Balaban J connectivity index is 1.37. The number of ether oxygens (including phenoxy) is 1. The molecule has 1 aromatic carbocycles. The lowest BCUT2D eigenvalue weighted by atomic mass is 9.43. The summed E-state index contributed by atoms with van der Waals surface area (Å²) in [6.07, 6.45) is 8.03. The van der Waals surface area contributed by atoms with Crippen LogP contribution in [0.15, 0.2) is 48.7 Å². The highest BCUT2D eigenvalue weighted by atomic mass is 16.5. The molecule has 4 aliphatic rings. The Morgan fingerprint density at radius 2 is 1.74 bits per heavy atom. The van der Waals surface area contributed by atoms with Crippen molar-refractivity contribution in [1.82, 2.24) is 4.98 Å². The SMILES string of the molecule is O=C(COC(=O)C12C[C@H]3C[C@@H](C1)CC(c1ccccc1)(C3)C2)c1ccc[nH]1. The number of nitrogens with one attached hydrogen (secondary N) is 1. The van der Waals surface area contributed by atoms with Gasteiger partial charge in [-0.05, 0) is 73.5 Å². The molecule has 0 aliphatic heterocycles. The maximum absolute atomic E-state index is 13.2. The van der Waals surface area contributed by atoms with E-state index in [2.05, 4.69) is 35.3 Å². The summed E-state index contributed by atoms with van der Waals surface area (Å²) >= 11 is 0. The van der Waals surface area contributed by atoms with Crippen molar-refractivity contribution in [1.29, 1.82) is 0 Å². The van der Waals surface area contributed by atoms with Gasteiger partial charge in [0.15, 0.2) is 6.61 Å². The molecule has 2 aromatic rings. The average molecular weight is 363 g/mol. The number of benzene rings is 1. The van der Waals surface area contributed by atoms with Crippen LogP contribution in [-0.4, -0.2) is 23.3 Å². The van der Waals surface area contributed by atoms with E-state index >= 15 is 0 Å². The van der Waals surface area contributed by atoms with Crippen LogP contribution in [0.5, 0.6) is 0 Å². The Kier molecular flexibility index (Phi) is 3.78. The van der Waals surface area contributed by atoms with E-state index in [1.807, 2.05) is 0 Å². The Labute approximate surface area is 159 Å². The highest BCUT2D eigenvalue weighted by Crippen LogP contribution is 2.66. The zero-order valence-electron chi connectivity index (χ0n) is 15.4. The molecule has 4 atom stereocenters. The van der Waals surface area contributed by atoms with Gasteiger partial charge in [0.05, 0.1) is 11.1 Å². The van der Waals surface area contributed by atoms with Crippen molar-refractivity contribution in [3.8, 4) is 0 Å². The molecule has 6 rings (SSSR count). The molecule has 140 valence electrons. The number of ketones is 1. The second-order valence-electron chi connectivity index (χ2n) is 8.97. The van der Waals surface area contributed by atoms with Crippen LogP contribution in [0.25, 0.3) is 0 Å². The van der Waals surface area contributed by atoms with E-state index in [-0.39, 0.29) is 23.8 Å². The van der Waals surface area contributed by atoms with Gasteiger partial charge in [-0.25, -0.2) is 0 Å². The molecule has 27 heavy (non-hydrogen) atoms. The zero-order chi connectivity index (χ0) is 18.5. The number of carbonyl (C=O) groups excluding carboxylic acids is 2. The van der Waals surface area contributed by atoms with Crippen molar-refractivity contribution in [2.45, 2.75) is 43.9 Å².